The number of rotatable bonds is 10. The normalized spacial score (nSPS) is 11.0. The van der Waals surface area contributed by atoms with Crippen LogP contribution in [0.4, 0.5) is 0 Å². The molecule has 1 N–H and O–H groups in total. The van der Waals surface area contributed by atoms with Gasteiger partial charge in [0.25, 0.3) is 5.91 Å². The van der Waals surface area contributed by atoms with Crippen LogP contribution in [-0.2, 0) is 10.5 Å². The zero-order valence-electron chi connectivity index (χ0n) is 14.9. The molecule has 0 unspecified atom stereocenters. The predicted octanol–water partition coefficient (Wildman–Crippen LogP) is 3.05. The number of carbonyl (C=O) groups is 1. The molecule has 0 aliphatic rings. The number of amides is 1. The van der Waals surface area contributed by atoms with Crippen molar-refractivity contribution in [2.24, 2.45) is 0 Å². The minimum Gasteiger partial charge on any atom is -0.383 e. The van der Waals surface area contributed by atoms with Gasteiger partial charge in [-0.15, -0.1) is 23.1 Å². The van der Waals surface area contributed by atoms with Crippen LogP contribution in [0.2, 0.25) is 0 Å². The molecule has 0 spiro atoms. The van der Waals surface area contributed by atoms with Crippen molar-refractivity contribution in [2.45, 2.75) is 17.6 Å². The average molecular weight is 380 g/mol. The summed E-state index contributed by atoms with van der Waals surface area (Å²) in [6, 6.07) is 7.72. The minimum absolute atomic E-state index is 0.0299. The number of benzene rings is 1. The van der Waals surface area contributed by atoms with Gasteiger partial charge in [0.05, 0.1) is 22.9 Å². The number of thioether (sulfide) groups is 1. The second-order valence-corrected chi connectivity index (χ2v) is 7.77. The highest BCUT2D eigenvalue weighted by atomic mass is 32.2. The highest BCUT2D eigenvalue weighted by molar-refractivity contribution is 7.98. The van der Waals surface area contributed by atoms with Gasteiger partial charge in [0.15, 0.2) is 0 Å². The summed E-state index contributed by atoms with van der Waals surface area (Å²) >= 11 is 3.30. The number of hydrogen-bond donors (Lipinski definition) is 1. The summed E-state index contributed by atoms with van der Waals surface area (Å²) in [7, 11) is 3.71. The van der Waals surface area contributed by atoms with E-state index in [0.717, 1.165) is 40.0 Å². The molecule has 5 nitrogen and oxygen atoms in total. The van der Waals surface area contributed by atoms with Crippen molar-refractivity contribution >= 4 is 29.0 Å². The Morgan fingerprint density at radius 2 is 2.16 bits per heavy atom. The molecule has 136 valence electrons. The molecule has 0 aliphatic carbocycles. The van der Waals surface area contributed by atoms with Gasteiger partial charge in [-0.05, 0) is 26.1 Å². The third kappa shape index (κ3) is 6.78. The molecule has 7 heteroatoms. The van der Waals surface area contributed by atoms with Crippen molar-refractivity contribution in [2.75, 3.05) is 40.4 Å². The summed E-state index contributed by atoms with van der Waals surface area (Å²) in [5.41, 5.74) is 1.78. The van der Waals surface area contributed by atoms with E-state index >= 15 is 0 Å². The number of nitrogens with zero attached hydrogens (tertiary/aromatic N) is 2. The standard InChI is InChI=1S/C18H25N3O2S2/c1-14-20-15(12-24-14)13-25-17-7-5-4-6-16(17)18(22)19-8-9-21(2)10-11-23-3/h4-7,12H,8-11,13H2,1-3H3,(H,19,22). The zero-order valence-corrected chi connectivity index (χ0v) is 16.6. The SMILES string of the molecule is COCCN(C)CCNC(=O)c1ccccc1SCc1csc(C)n1. The smallest absolute Gasteiger partial charge is 0.252 e. The maximum absolute atomic E-state index is 12.5. The lowest BCUT2D eigenvalue weighted by Gasteiger charge is -2.16. The first-order valence-corrected chi connectivity index (χ1v) is 10.0. The number of hydrogen-bond acceptors (Lipinski definition) is 6. The number of ether oxygens (including phenoxy) is 1. The fraction of sp³-hybridized carbons (Fsp3) is 0.444. The molecule has 0 radical (unpaired) electrons. The van der Waals surface area contributed by atoms with E-state index in [1.165, 1.54) is 0 Å². The van der Waals surface area contributed by atoms with E-state index in [4.69, 9.17) is 4.74 Å². The maximum Gasteiger partial charge on any atom is 0.252 e. The van der Waals surface area contributed by atoms with Crippen molar-refractivity contribution < 1.29 is 9.53 Å². The quantitative estimate of drug-likeness (QED) is 0.643. The van der Waals surface area contributed by atoms with Crippen LogP contribution in [0.1, 0.15) is 21.1 Å². The molecule has 0 fully saturated rings. The Labute approximate surface area is 157 Å². The molecule has 0 aliphatic heterocycles. The van der Waals surface area contributed by atoms with Gasteiger partial charge in [0, 0.05) is 42.8 Å². The predicted molar refractivity (Wildman–Crippen MR) is 105 cm³/mol. The van der Waals surface area contributed by atoms with Gasteiger partial charge in [0.1, 0.15) is 0 Å². The Morgan fingerprint density at radius 3 is 2.88 bits per heavy atom. The molecule has 0 saturated carbocycles. The van der Waals surface area contributed by atoms with E-state index in [1.807, 2.05) is 38.2 Å². The van der Waals surface area contributed by atoms with Crippen molar-refractivity contribution in [1.82, 2.24) is 15.2 Å². The Bertz CT molecular complexity index is 676. The maximum atomic E-state index is 12.5. The molecule has 1 aromatic heterocycles. The molecular formula is C18H25N3O2S2. The molecule has 1 heterocycles. The van der Waals surface area contributed by atoms with Crippen molar-refractivity contribution in [3.05, 3.63) is 45.9 Å². The largest absolute Gasteiger partial charge is 0.383 e. The Morgan fingerprint density at radius 1 is 1.36 bits per heavy atom. The van der Waals surface area contributed by atoms with Gasteiger partial charge in [-0.3, -0.25) is 4.79 Å². The van der Waals surface area contributed by atoms with Gasteiger partial charge in [-0.1, -0.05) is 12.1 Å². The topological polar surface area (TPSA) is 54.5 Å². The van der Waals surface area contributed by atoms with Gasteiger partial charge in [0.2, 0.25) is 0 Å². The monoisotopic (exact) mass is 379 g/mol. The zero-order chi connectivity index (χ0) is 18.1. The third-order valence-corrected chi connectivity index (χ3v) is 5.56. The number of thiazole rings is 1. The lowest BCUT2D eigenvalue weighted by molar-refractivity contribution is 0.0944. The van der Waals surface area contributed by atoms with Crippen molar-refractivity contribution in [3.63, 3.8) is 0 Å². The second kappa shape index (κ2) is 10.6. The molecule has 1 amide bonds. The van der Waals surface area contributed by atoms with E-state index in [1.54, 1.807) is 30.2 Å². The Kier molecular flexibility index (Phi) is 8.40. The van der Waals surface area contributed by atoms with Gasteiger partial charge >= 0.3 is 0 Å². The lowest BCUT2D eigenvalue weighted by atomic mass is 10.2. The molecule has 2 rings (SSSR count). The highest BCUT2D eigenvalue weighted by Gasteiger charge is 2.12. The van der Waals surface area contributed by atoms with Crippen molar-refractivity contribution in [1.29, 1.82) is 0 Å². The summed E-state index contributed by atoms with van der Waals surface area (Å²) in [6.45, 7) is 4.96. The molecular weight excluding hydrogens is 354 g/mol. The van der Waals surface area contributed by atoms with E-state index in [9.17, 15) is 4.79 Å². The first kappa shape index (κ1) is 19.9. The van der Waals surface area contributed by atoms with Crippen LogP contribution in [0.5, 0.6) is 0 Å². The molecule has 1 aromatic carbocycles. The molecule has 0 bridgehead atoms. The molecule has 0 saturated heterocycles. The van der Waals surface area contributed by atoms with Crippen LogP contribution in [0, 0.1) is 6.92 Å². The number of likely N-dealkylation sites (N-methyl/N-ethyl adjacent to an activating group) is 1. The molecule has 0 atom stereocenters. The van der Waals surface area contributed by atoms with E-state index in [2.05, 4.69) is 20.6 Å². The van der Waals surface area contributed by atoms with Gasteiger partial charge < -0.3 is 15.0 Å². The summed E-state index contributed by atoms with van der Waals surface area (Å²) in [5, 5.41) is 6.14. The van der Waals surface area contributed by atoms with E-state index in [-0.39, 0.29) is 5.91 Å². The molecule has 2 aromatic rings. The lowest BCUT2D eigenvalue weighted by Crippen LogP contribution is -2.34. The third-order valence-electron chi connectivity index (χ3n) is 3.63. The summed E-state index contributed by atoms with van der Waals surface area (Å²) in [4.78, 5) is 20.1. The van der Waals surface area contributed by atoms with Crippen LogP contribution in [0.3, 0.4) is 0 Å². The summed E-state index contributed by atoms with van der Waals surface area (Å²) in [6.07, 6.45) is 0. The summed E-state index contributed by atoms with van der Waals surface area (Å²) in [5.74, 6) is 0.742. The summed E-state index contributed by atoms with van der Waals surface area (Å²) < 4.78 is 5.05. The number of aryl methyl sites for hydroxylation is 1. The minimum atomic E-state index is -0.0299. The first-order chi connectivity index (χ1) is 12.1. The number of carbonyl (C=O) groups excluding carboxylic acids is 1. The Balaban J connectivity index is 1.86. The number of methoxy groups -OCH3 is 1. The van der Waals surface area contributed by atoms with E-state index in [0.29, 0.717) is 13.2 Å². The van der Waals surface area contributed by atoms with Crippen LogP contribution in [0.15, 0.2) is 34.5 Å². The van der Waals surface area contributed by atoms with Gasteiger partial charge in [-0.2, -0.15) is 0 Å². The van der Waals surface area contributed by atoms with Crippen LogP contribution >= 0.6 is 23.1 Å². The molecule has 25 heavy (non-hydrogen) atoms. The highest BCUT2D eigenvalue weighted by Crippen LogP contribution is 2.26. The van der Waals surface area contributed by atoms with Crippen LogP contribution in [0.25, 0.3) is 0 Å². The first-order valence-electron chi connectivity index (χ1n) is 8.18. The van der Waals surface area contributed by atoms with Gasteiger partial charge in [-0.25, -0.2) is 4.98 Å². The fourth-order valence-electron chi connectivity index (χ4n) is 2.22. The van der Waals surface area contributed by atoms with Crippen molar-refractivity contribution in [3.8, 4) is 0 Å². The Hall–Kier alpha value is -1.41. The fourth-order valence-corrected chi connectivity index (χ4v) is 3.88. The second-order valence-electron chi connectivity index (χ2n) is 5.69. The number of nitrogens with one attached hydrogen (secondary N) is 1. The van der Waals surface area contributed by atoms with Crippen LogP contribution < -0.4 is 5.32 Å². The van der Waals surface area contributed by atoms with Crippen LogP contribution in [-0.4, -0.2) is 56.2 Å². The number of aromatic nitrogens is 1. The van der Waals surface area contributed by atoms with E-state index < -0.39 is 0 Å². The average Bonchev–Trinajstić information content (AvgIpc) is 3.03.